The number of rotatable bonds is 12. The monoisotopic (exact) mass is 472 g/mol. The van der Waals surface area contributed by atoms with Crippen molar-refractivity contribution in [3.63, 3.8) is 0 Å². The fourth-order valence-electron chi connectivity index (χ4n) is 3.02. The van der Waals surface area contributed by atoms with Gasteiger partial charge in [-0.05, 0) is 23.3 Å². The van der Waals surface area contributed by atoms with Gasteiger partial charge in [0.05, 0.1) is 13.2 Å². The van der Waals surface area contributed by atoms with E-state index in [-0.39, 0.29) is 18.6 Å². The molecule has 0 aromatic heterocycles. The van der Waals surface area contributed by atoms with Crippen LogP contribution in [0.5, 0.6) is 5.75 Å². The van der Waals surface area contributed by atoms with E-state index in [1.54, 1.807) is 30.3 Å². The van der Waals surface area contributed by atoms with Crippen LogP contribution < -0.4 is 21.7 Å². The van der Waals surface area contributed by atoms with Gasteiger partial charge in [0, 0.05) is 12.8 Å². The summed E-state index contributed by atoms with van der Waals surface area (Å²) in [6.07, 6.45) is 0.0812. The number of carboxylic acids is 1. The maximum absolute atomic E-state index is 12.7. The van der Waals surface area contributed by atoms with Gasteiger partial charge in [0.1, 0.15) is 23.9 Å². The van der Waals surface area contributed by atoms with Crippen molar-refractivity contribution in [2.75, 3.05) is 13.2 Å². The maximum atomic E-state index is 12.7. The van der Waals surface area contributed by atoms with Crippen molar-refractivity contribution in [1.82, 2.24) is 16.0 Å². The fraction of sp³-hybridized carbons (Fsp3) is 0.304. The zero-order chi connectivity index (χ0) is 25.1. The van der Waals surface area contributed by atoms with Crippen LogP contribution in [-0.2, 0) is 32.0 Å². The van der Waals surface area contributed by atoms with Gasteiger partial charge in [0.2, 0.25) is 17.7 Å². The highest BCUT2D eigenvalue weighted by molar-refractivity contribution is 5.92. The highest BCUT2D eigenvalue weighted by Crippen LogP contribution is 2.11. The van der Waals surface area contributed by atoms with Crippen LogP contribution in [0.2, 0.25) is 0 Å². The van der Waals surface area contributed by atoms with E-state index in [0.29, 0.717) is 5.56 Å². The number of nitrogens with one attached hydrogen (secondary N) is 3. The number of amides is 3. The molecule has 11 heteroatoms. The predicted molar refractivity (Wildman–Crippen MR) is 122 cm³/mol. The number of carboxylic acid groups (broad SMARTS) is 1. The summed E-state index contributed by atoms with van der Waals surface area (Å²) in [4.78, 5) is 48.6. The lowest BCUT2D eigenvalue weighted by molar-refractivity contribution is -0.141. The summed E-state index contributed by atoms with van der Waals surface area (Å²) in [6.45, 7) is -1.13. The average Bonchev–Trinajstić information content (AvgIpc) is 2.82. The molecule has 0 radical (unpaired) electrons. The Morgan fingerprint density at radius 3 is 2.00 bits per heavy atom. The number of aliphatic hydroxyl groups is 1. The number of hydrogen-bond acceptors (Lipinski definition) is 7. The summed E-state index contributed by atoms with van der Waals surface area (Å²) in [5.74, 6) is -3.39. The van der Waals surface area contributed by atoms with Crippen LogP contribution in [0.1, 0.15) is 11.1 Å². The van der Waals surface area contributed by atoms with E-state index in [1.807, 2.05) is 0 Å². The van der Waals surface area contributed by atoms with Gasteiger partial charge in [-0.1, -0.05) is 42.5 Å². The van der Waals surface area contributed by atoms with Crippen LogP contribution in [0.15, 0.2) is 54.6 Å². The number of phenolic OH excluding ortho intramolecular Hbond substituents is 1. The number of aromatic hydroxyl groups is 1. The van der Waals surface area contributed by atoms with Gasteiger partial charge >= 0.3 is 5.97 Å². The van der Waals surface area contributed by atoms with Crippen LogP contribution >= 0.6 is 0 Å². The lowest BCUT2D eigenvalue weighted by Gasteiger charge is -2.21. The molecule has 3 unspecified atom stereocenters. The second-order valence-electron chi connectivity index (χ2n) is 7.59. The van der Waals surface area contributed by atoms with Gasteiger partial charge in [-0.3, -0.25) is 14.4 Å². The lowest BCUT2D eigenvalue weighted by atomic mass is 10.0. The Labute approximate surface area is 196 Å². The van der Waals surface area contributed by atoms with Crippen LogP contribution in [0.25, 0.3) is 0 Å². The number of carbonyl (C=O) groups is 4. The minimum absolute atomic E-state index is 0.0267. The largest absolute Gasteiger partial charge is 0.508 e. The number of aliphatic hydroxyl groups excluding tert-OH is 1. The molecular formula is C23H28N4O7. The molecule has 8 N–H and O–H groups in total. The quantitative estimate of drug-likeness (QED) is 0.197. The van der Waals surface area contributed by atoms with Crippen LogP contribution in [0, 0.1) is 0 Å². The molecule has 3 amide bonds. The summed E-state index contributed by atoms with van der Waals surface area (Å²) >= 11 is 0. The van der Waals surface area contributed by atoms with Gasteiger partial charge in [-0.2, -0.15) is 0 Å². The molecule has 11 nitrogen and oxygen atoms in total. The second kappa shape index (κ2) is 12.9. The minimum Gasteiger partial charge on any atom is -0.508 e. The minimum atomic E-state index is -1.26. The zero-order valence-corrected chi connectivity index (χ0v) is 18.3. The zero-order valence-electron chi connectivity index (χ0n) is 18.3. The molecule has 182 valence electrons. The molecule has 0 heterocycles. The third kappa shape index (κ3) is 8.52. The van der Waals surface area contributed by atoms with Gasteiger partial charge < -0.3 is 37.0 Å². The van der Waals surface area contributed by atoms with Crippen molar-refractivity contribution in [3.05, 3.63) is 65.7 Å². The third-order valence-corrected chi connectivity index (χ3v) is 4.88. The number of benzene rings is 2. The normalized spacial score (nSPS) is 13.2. The molecule has 2 aromatic rings. The molecular weight excluding hydrogens is 444 g/mol. The van der Waals surface area contributed by atoms with Crippen LogP contribution in [0.4, 0.5) is 0 Å². The van der Waals surface area contributed by atoms with Crippen molar-refractivity contribution in [2.24, 2.45) is 5.73 Å². The molecule has 34 heavy (non-hydrogen) atoms. The Morgan fingerprint density at radius 2 is 1.41 bits per heavy atom. The smallest absolute Gasteiger partial charge is 0.326 e. The summed E-state index contributed by atoms with van der Waals surface area (Å²) in [5, 5.41) is 35.0. The first-order chi connectivity index (χ1) is 16.2. The summed E-state index contributed by atoms with van der Waals surface area (Å²) < 4.78 is 0. The first kappa shape index (κ1) is 26.3. The van der Waals surface area contributed by atoms with Gasteiger partial charge in [-0.15, -0.1) is 0 Å². The SMILES string of the molecule is NC(CO)C(=O)NC(Cc1ccccc1)C(=O)NCC(=O)NC(Cc1ccc(O)cc1)C(=O)O. The highest BCUT2D eigenvalue weighted by Gasteiger charge is 2.25. The Kier molecular flexibility index (Phi) is 9.99. The Morgan fingerprint density at radius 1 is 0.824 bits per heavy atom. The van der Waals surface area contributed by atoms with Crippen molar-refractivity contribution in [3.8, 4) is 5.75 Å². The maximum Gasteiger partial charge on any atom is 0.326 e. The average molecular weight is 472 g/mol. The Balaban J connectivity index is 1.98. The molecule has 3 atom stereocenters. The van der Waals surface area contributed by atoms with Crippen molar-refractivity contribution < 1.29 is 34.5 Å². The molecule has 2 rings (SSSR count). The van der Waals surface area contributed by atoms with E-state index in [4.69, 9.17) is 10.8 Å². The topological polar surface area (TPSA) is 191 Å². The number of hydrogen-bond donors (Lipinski definition) is 7. The standard InChI is InChI=1S/C23H28N4O7/c24-17(13-28)21(31)27-18(10-14-4-2-1-3-5-14)22(32)25-12-20(30)26-19(23(33)34)11-15-6-8-16(29)9-7-15/h1-9,17-19,28-29H,10-13,24H2,(H,25,32)(H,26,30)(H,27,31)(H,33,34). The van der Waals surface area contributed by atoms with E-state index in [2.05, 4.69) is 16.0 Å². The van der Waals surface area contributed by atoms with E-state index in [9.17, 15) is 29.4 Å². The molecule has 0 saturated carbocycles. The summed E-state index contributed by atoms with van der Waals surface area (Å²) in [7, 11) is 0. The molecule has 0 bridgehead atoms. The van der Waals surface area contributed by atoms with Gasteiger partial charge in [-0.25, -0.2) is 4.79 Å². The van der Waals surface area contributed by atoms with E-state index < -0.39 is 55.0 Å². The fourth-order valence-corrected chi connectivity index (χ4v) is 3.02. The van der Waals surface area contributed by atoms with E-state index in [1.165, 1.54) is 24.3 Å². The number of carbonyl (C=O) groups excluding carboxylic acids is 3. The molecule has 0 fully saturated rings. The van der Waals surface area contributed by atoms with Gasteiger partial charge in [0.15, 0.2) is 0 Å². The summed E-state index contributed by atoms with van der Waals surface area (Å²) in [5.41, 5.74) is 6.83. The molecule has 0 aliphatic carbocycles. The van der Waals surface area contributed by atoms with Crippen molar-refractivity contribution in [1.29, 1.82) is 0 Å². The van der Waals surface area contributed by atoms with E-state index in [0.717, 1.165) is 5.56 Å². The summed E-state index contributed by atoms with van der Waals surface area (Å²) in [6, 6.07) is 11.2. The van der Waals surface area contributed by atoms with Gasteiger partial charge in [0.25, 0.3) is 0 Å². The van der Waals surface area contributed by atoms with Crippen molar-refractivity contribution in [2.45, 2.75) is 31.0 Å². The number of phenols is 1. The highest BCUT2D eigenvalue weighted by atomic mass is 16.4. The Hall–Kier alpha value is -3.96. The molecule has 2 aromatic carbocycles. The first-order valence-electron chi connectivity index (χ1n) is 10.5. The lowest BCUT2D eigenvalue weighted by Crippen LogP contribution is -2.55. The molecule has 0 spiro atoms. The van der Waals surface area contributed by atoms with Crippen LogP contribution in [-0.4, -0.2) is 70.3 Å². The Bertz CT molecular complexity index is 983. The third-order valence-electron chi connectivity index (χ3n) is 4.88. The predicted octanol–water partition coefficient (Wildman–Crippen LogP) is -1.33. The second-order valence-corrected chi connectivity index (χ2v) is 7.59. The molecule has 0 saturated heterocycles. The van der Waals surface area contributed by atoms with Crippen LogP contribution in [0.3, 0.4) is 0 Å². The van der Waals surface area contributed by atoms with Crippen molar-refractivity contribution >= 4 is 23.7 Å². The first-order valence-corrected chi connectivity index (χ1v) is 10.5. The van der Waals surface area contributed by atoms with E-state index >= 15 is 0 Å². The molecule has 0 aliphatic heterocycles. The molecule has 0 aliphatic rings. The number of aliphatic carboxylic acids is 1. The number of nitrogens with two attached hydrogens (primary N) is 1.